The number of benzene rings is 7. The molecule has 0 aliphatic rings. The van der Waals surface area contributed by atoms with Gasteiger partial charge in [0.2, 0.25) is 5.91 Å². The summed E-state index contributed by atoms with van der Waals surface area (Å²) in [6.07, 6.45) is 1.69. The van der Waals surface area contributed by atoms with E-state index in [2.05, 4.69) is 16.0 Å². The Bertz CT molecular complexity index is 2390. The van der Waals surface area contributed by atoms with Crippen LogP contribution in [0.1, 0.15) is 26.7 Å². The van der Waals surface area contributed by atoms with Gasteiger partial charge in [0, 0.05) is 21.8 Å². The van der Waals surface area contributed by atoms with Crippen LogP contribution in [0.4, 0.5) is 11.4 Å². The van der Waals surface area contributed by atoms with Gasteiger partial charge in [-0.3, -0.25) is 14.4 Å². The van der Waals surface area contributed by atoms with E-state index >= 15 is 0 Å². The van der Waals surface area contributed by atoms with Crippen molar-refractivity contribution < 1.29 is 14.4 Å². The van der Waals surface area contributed by atoms with Crippen molar-refractivity contribution in [1.82, 2.24) is 5.32 Å². The molecule has 3 N–H and O–H groups in total. The second-order valence-electron chi connectivity index (χ2n) is 11.9. The van der Waals surface area contributed by atoms with Gasteiger partial charge in [0.25, 0.3) is 11.8 Å². The Morgan fingerprint density at radius 2 is 1.20 bits per heavy atom. The molecule has 7 rings (SSSR count). The van der Waals surface area contributed by atoms with Crippen molar-refractivity contribution in [2.45, 2.75) is 10.1 Å². The average molecular weight is 684 g/mol. The molecule has 0 aliphatic heterocycles. The van der Waals surface area contributed by atoms with Crippen LogP contribution < -0.4 is 16.0 Å². The number of fused-ring (bicyclic) bond motifs is 2. The van der Waals surface area contributed by atoms with Gasteiger partial charge in [-0.05, 0) is 81.2 Å². The number of thioether (sulfide) groups is 1. The second-order valence-corrected chi connectivity index (χ2v) is 13.1. The number of hydrogen-bond donors (Lipinski definition) is 3. The fraction of sp³-hybridized carbons (Fsp3) is 0.0227. The number of anilines is 2. The van der Waals surface area contributed by atoms with Crippen LogP contribution in [-0.2, 0) is 9.59 Å². The molecule has 0 saturated carbocycles. The Labute approximate surface area is 300 Å². The number of hydrogen-bond acceptors (Lipinski definition) is 4. The molecule has 3 amide bonds. The fourth-order valence-corrected chi connectivity index (χ4v) is 6.92. The molecular formula is C44H33N3O3S. The molecule has 7 aromatic rings. The van der Waals surface area contributed by atoms with Gasteiger partial charge in [-0.25, -0.2) is 0 Å². The normalized spacial score (nSPS) is 11.9. The van der Waals surface area contributed by atoms with Crippen molar-refractivity contribution in [2.75, 3.05) is 10.6 Å². The van der Waals surface area contributed by atoms with Gasteiger partial charge in [-0.2, -0.15) is 0 Å². The summed E-state index contributed by atoms with van der Waals surface area (Å²) in [5.41, 5.74) is 3.39. The maximum absolute atomic E-state index is 13.9. The Kier molecular flexibility index (Phi) is 9.99. The molecule has 0 bridgehead atoms. The second kappa shape index (κ2) is 15.4. The Morgan fingerprint density at radius 3 is 2.00 bits per heavy atom. The van der Waals surface area contributed by atoms with Crippen LogP contribution in [0.2, 0.25) is 0 Å². The van der Waals surface area contributed by atoms with Crippen molar-refractivity contribution >= 4 is 68.5 Å². The monoisotopic (exact) mass is 683 g/mol. The largest absolute Gasteiger partial charge is 0.325 e. The topological polar surface area (TPSA) is 87.3 Å². The molecular weight excluding hydrogens is 651 g/mol. The van der Waals surface area contributed by atoms with Gasteiger partial charge in [0.15, 0.2) is 0 Å². The number of carbonyl (C=O) groups excluding carboxylic acids is 3. The van der Waals surface area contributed by atoms with E-state index in [1.54, 1.807) is 36.4 Å². The zero-order valence-corrected chi connectivity index (χ0v) is 28.3. The Morgan fingerprint density at radius 1 is 0.549 bits per heavy atom. The molecule has 248 valence electrons. The molecule has 0 radical (unpaired) electrons. The van der Waals surface area contributed by atoms with E-state index in [0.717, 1.165) is 37.6 Å². The molecule has 0 aromatic heterocycles. The molecule has 0 saturated heterocycles. The lowest BCUT2D eigenvalue weighted by Gasteiger charge is -2.18. The Hall–Kier alpha value is -6.44. The third kappa shape index (κ3) is 8.07. The van der Waals surface area contributed by atoms with Crippen LogP contribution in [0.15, 0.2) is 180 Å². The van der Waals surface area contributed by atoms with Gasteiger partial charge in [0.1, 0.15) is 10.9 Å². The molecule has 6 nitrogen and oxygen atoms in total. The van der Waals surface area contributed by atoms with Crippen molar-refractivity contribution in [3.05, 3.63) is 192 Å². The van der Waals surface area contributed by atoms with E-state index in [1.165, 1.54) is 11.8 Å². The summed E-state index contributed by atoms with van der Waals surface area (Å²) in [7, 11) is 0. The molecule has 51 heavy (non-hydrogen) atoms. The summed E-state index contributed by atoms with van der Waals surface area (Å²) in [5.74, 6) is -1.05. The van der Waals surface area contributed by atoms with E-state index in [-0.39, 0.29) is 11.6 Å². The maximum Gasteiger partial charge on any atom is 0.272 e. The smallest absolute Gasteiger partial charge is 0.272 e. The minimum Gasteiger partial charge on any atom is -0.325 e. The first-order valence-corrected chi connectivity index (χ1v) is 17.4. The van der Waals surface area contributed by atoms with Crippen molar-refractivity contribution in [2.24, 2.45) is 0 Å². The zero-order valence-electron chi connectivity index (χ0n) is 27.5. The SMILES string of the molecule is O=C(Nc1cccc(SC(C(=O)Nc2ccc3ccccc3c2)c2ccccc2)c1)/C(=C\c1cccc2ccccc12)NC(=O)c1ccccc1. The highest BCUT2D eigenvalue weighted by Gasteiger charge is 2.23. The lowest BCUT2D eigenvalue weighted by molar-refractivity contribution is -0.116. The number of nitrogens with one attached hydrogen (secondary N) is 3. The predicted octanol–water partition coefficient (Wildman–Crippen LogP) is 9.87. The quantitative estimate of drug-likeness (QED) is 0.0990. The molecule has 0 fully saturated rings. The molecule has 7 heteroatoms. The van der Waals surface area contributed by atoms with Gasteiger partial charge in [-0.15, -0.1) is 11.8 Å². The van der Waals surface area contributed by atoms with E-state index in [0.29, 0.717) is 16.9 Å². The van der Waals surface area contributed by atoms with Crippen LogP contribution in [-0.4, -0.2) is 17.7 Å². The average Bonchev–Trinajstić information content (AvgIpc) is 3.17. The maximum atomic E-state index is 13.9. The van der Waals surface area contributed by atoms with Gasteiger partial charge < -0.3 is 16.0 Å². The molecule has 0 spiro atoms. The molecule has 7 aromatic carbocycles. The van der Waals surface area contributed by atoms with Crippen LogP contribution in [0.3, 0.4) is 0 Å². The molecule has 1 unspecified atom stereocenters. The van der Waals surface area contributed by atoms with E-state index in [9.17, 15) is 14.4 Å². The van der Waals surface area contributed by atoms with E-state index in [4.69, 9.17) is 0 Å². The lowest BCUT2D eigenvalue weighted by atomic mass is 10.0. The van der Waals surface area contributed by atoms with Gasteiger partial charge in [-0.1, -0.05) is 127 Å². The summed E-state index contributed by atoms with van der Waals surface area (Å²) < 4.78 is 0. The fourth-order valence-electron chi connectivity index (χ4n) is 5.83. The van der Waals surface area contributed by atoms with Crippen molar-refractivity contribution in [3.63, 3.8) is 0 Å². The van der Waals surface area contributed by atoms with Crippen molar-refractivity contribution in [3.8, 4) is 0 Å². The minimum absolute atomic E-state index is 0.0928. The van der Waals surface area contributed by atoms with Gasteiger partial charge >= 0.3 is 0 Å². The summed E-state index contributed by atoms with van der Waals surface area (Å²) in [6, 6.07) is 53.3. The summed E-state index contributed by atoms with van der Waals surface area (Å²) in [4.78, 5) is 41.8. The molecule has 0 heterocycles. The Balaban J connectivity index is 1.15. The van der Waals surface area contributed by atoms with Crippen LogP contribution in [0, 0.1) is 0 Å². The summed E-state index contributed by atoms with van der Waals surface area (Å²) in [5, 5.41) is 12.4. The third-order valence-electron chi connectivity index (χ3n) is 8.36. The number of rotatable bonds is 10. The highest BCUT2D eigenvalue weighted by molar-refractivity contribution is 8.00. The van der Waals surface area contributed by atoms with Crippen LogP contribution >= 0.6 is 11.8 Å². The first-order valence-electron chi connectivity index (χ1n) is 16.5. The molecule has 0 aliphatic carbocycles. The van der Waals surface area contributed by atoms with Crippen LogP contribution in [0.25, 0.3) is 27.6 Å². The minimum atomic E-state index is -0.574. The third-order valence-corrected chi connectivity index (χ3v) is 9.60. The number of amides is 3. The van der Waals surface area contributed by atoms with E-state index in [1.807, 2.05) is 140 Å². The standard InChI is InChI=1S/C44H33N3O3S/c48-42(33-17-5-2-6-18-33)47-40(28-35-21-11-20-31-14-9-10-24-39(31)35)43(49)45-36-22-12-23-38(29-36)51-41(32-15-3-1-4-16-32)44(50)46-37-26-25-30-13-7-8-19-34(30)27-37/h1-29,41H,(H,45,49)(H,46,50)(H,47,48)/b40-28+. The highest BCUT2D eigenvalue weighted by Crippen LogP contribution is 2.37. The number of carbonyl (C=O) groups is 3. The summed E-state index contributed by atoms with van der Waals surface area (Å²) in [6.45, 7) is 0. The predicted molar refractivity (Wildman–Crippen MR) is 209 cm³/mol. The lowest BCUT2D eigenvalue weighted by Crippen LogP contribution is -2.30. The first-order chi connectivity index (χ1) is 25.0. The zero-order chi connectivity index (χ0) is 35.0. The first kappa shape index (κ1) is 33.1. The van der Waals surface area contributed by atoms with Crippen molar-refractivity contribution in [1.29, 1.82) is 0 Å². The van der Waals surface area contributed by atoms with Gasteiger partial charge in [0.05, 0.1) is 0 Å². The summed E-state index contributed by atoms with van der Waals surface area (Å²) >= 11 is 1.39. The van der Waals surface area contributed by atoms with Crippen LogP contribution in [0.5, 0.6) is 0 Å². The van der Waals surface area contributed by atoms with E-state index < -0.39 is 17.1 Å². The highest BCUT2D eigenvalue weighted by atomic mass is 32.2. The molecule has 1 atom stereocenters.